The number of benzene rings is 2. The van der Waals surface area contributed by atoms with E-state index in [9.17, 15) is 9.59 Å². The molecule has 0 saturated carbocycles. The average molecular weight is 401 g/mol. The molecule has 1 N–H and O–H groups in total. The number of carboxylic acids is 1. The second-order valence-electron chi connectivity index (χ2n) is 5.48. The number of methoxy groups -OCH3 is 2. The second-order valence-corrected chi connectivity index (χ2v) is 7.16. The van der Waals surface area contributed by atoms with E-state index >= 15 is 0 Å². The number of rotatable bonds is 5. The van der Waals surface area contributed by atoms with Gasteiger partial charge in [0.15, 0.2) is 4.32 Å². The van der Waals surface area contributed by atoms with Gasteiger partial charge < -0.3 is 14.6 Å². The Labute approximate surface area is 165 Å². The summed E-state index contributed by atoms with van der Waals surface area (Å²) in [5.41, 5.74) is 1.18. The number of hydrogen-bond acceptors (Lipinski definition) is 6. The quantitative estimate of drug-likeness (QED) is 0.603. The zero-order valence-electron chi connectivity index (χ0n) is 14.5. The Morgan fingerprint density at radius 3 is 2.63 bits per heavy atom. The van der Waals surface area contributed by atoms with Crippen LogP contribution in [0, 0.1) is 0 Å². The Kier molecular flexibility index (Phi) is 5.48. The number of carboxylic acid groups (broad SMARTS) is 1. The molecular formula is C19H15NO5S2. The van der Waals surface area contributed by atoms with Crippen LogP contribution in [-0.4, -0.2) is 35.5 Å². The Balaban J connectivity index is 1.98. The van der Waals surface area contributed by atoms with Crippen molar-refractivity contribution in [1.82, 2.24) is 0 Å². The molecule has 8 heteroatoms. The predicted molar refractivity (Wildman–Crippen MR) is 109 cm³/mol. The van der Waals surface area contributed by atoms with E-state index in [0.29, 0.717) is 32.0 Å². The third-order valence-electron chi connectivity index (χ3n) is 3.87. The van der Waals surface area contributed by atoms with Gasteiger partial charge in [-0.15, -0.1) is 0 Å². The molecule has 0 spiro atoms. The van der Waals surface area contributed by atoms with Crippen LogP contribution < -0.4 is 14.4 Å². The lowest BCUT2D eigenvalue weighted by atomic mass is 10.1. The van der Waals surface area contributed by atoms with Crippen LogP contribution in [0.15, 0.2) is 47.4 Å². The Bertz CT molecular complexity index is 970. The Morgan fingerprint density at radius 1 is 1.19 bits per heavy atom. The van der Waals surface area contributed by atoms with E-state index in [4.69, 9.17) is 26.8 Å². The third-order valence-corrected chi connectivity index (χ3v) is 5.17. The highest BCUT2D eigenvalue weighted by atomic mass is 32.2. The van der Waals surface area contributed by atoms with Crippen molar-refractivity contribution < 1.29 is 24.2 Å². The fourth-order valence-electron chi connectivity index (χ4n) is 2.56. The molecule has 0 atom stereocenters. The molecule has 1 amide bonds. The first-order chi connectivity index (χ1) is 12.9. The number of hydrogen-bond donors (Lipinski definition) is 1. The number of carbonyl (C=O) groups is 2. The highest BCUT2D eigenvalue weighted by Crippen LogP contribution is 2.38. The molecule has 3 rings (SSSR count). The smallest absolute Gasteiger partial charge is 0.335 e. The molecule has 0 unspecified atom stereocenters. The molecule has 1 heterocycles. The summed E-state index contributed by atoms with van der Waals surface area (Å²) in [4.78, 5) is 25.8. The topological polar surface area (TPSA) is 76.1 Å². The summed E-state index contributed by atoms with van der Waals surface area (Å²) in [5, 5.41) is 9.16. The number of nitrogens with zero attached hydrogens (tertiary/aromatic N) is 1. The summed E-state index contributed by atoms with van der Waals surface area (Å²) >= 11 is 6.48. The molecule has 0 aliphatic carbocycles. The van der Waals surface area contributed by atoms with Gasteiger partial charge in [-0.25, -0.2) is 4.79 Å². The summed E-state index contributed by atoms with van der Waals surface area (Å²) in [7, 11) is 3.10. The number of anilines is 1. The molecule has 138 valence electrons. The van der Waals surface area contributed by atoms with Crippen molar-refractivity contribution in [3.05, 3.63) is 58.5 Å². The van der Waals surface area contributed by atoms with Crippen molar-refractivity contribution in [2.75, 3.05) is 19.1 Å². The van der Waals surface area contributed by atoms with Gasteiger partial charge in [0.25, 0.3) is 5.91 Å². The van der Waals surface area contributed by atoms with Gasteiger partial charge in [0.1, 0.15) is 11.5 Å². The van der Waals surface area contributed by atoms with E-state index in [-0.39, 0.29) is 11.5 Å². The van der Waals surface area contributed by atoms with Crippen LogP contribution in [0.4, 0.5) is 5.69 Å². The first-order valence-electron chi connectivity index (χ1n) is 7.78. The van der Waals surface area contributed by atoms with Crippen molar-refractivity contribution >= 4 is 51.9 Å². The molecule has 1 aliphatic heterocycles. The maximum atomic E-state index is 12.9. The lowest BCUT2D eigenvalue weighted by Crippen LogP contribution is -2.27. The van der Waals surface area contributed by atoms with Crippen LogP contribution in [0.1, 0.15) is 15.9 Å². The van der Waals surface area contributed by atoms with Crippen molar-refractivity contribution in [3.8, 4) is 11.5 Å². The van der Waals surface area contributed by atoms with E-state index < -0.39 is 5.97 Å². The summed E-state index contributed by atoms with van der Waals surface area (Å²) in [6.07, 6.45) is 1.68. The van der Waals surface area contributed by atoms with Gasteiger partial charge in [0.2, 0.25) is 0 Å². The fraction of sp³-hybridized carbons (Fsp3) is 0.105. The van der Waals surface area contributed by atoms with Crippen LogP contribution in [0.5, 0.6) is 11.5 Å². The lowest BCUT2D eigenvalue weighted by molar-refractivity contribution is -0.113. The van der Waals surface area contributed by atoms with Gasteiger partial charge in [-0.1, -0.05) is 30.0 Å². The van der Waals surface area contributed by atoms with Gasteiger partial charge in [0, 0.05) is 5.56 Å². The molecule has 0 aromatic heterocycles. The van der Waals surface area contributed by atoms with Gasteiger partial charge in [-0.2, -0.15) is 0 Å². The molecule has 2 aromatic rings. The van der Waals surface area contributed by atoms with Crippen LogP contribution in [-0.2, 0) is 4.79 Å². The molecule has 2 aromatic carbocycles. The molecule has 0 radical (unpaired) electrons. The van der Waals surface area contributed by atoms with Crippen LogP contribution in [0.25, 0.3) is 6.08 Å². The first-order valence-corrected chi connectivity index (χ1v) is 9.00. The standard InChI is InChI=1S/C19H15NO5S2/c1-24-14-6-7-15(25-2)12(9-14)10-16-17(21)20(19(26)27-16)13-5-3-4-11(8-13)18(22)23/h3-10H,1-2H3,(H,22,23)/b16-10-. The van der Waals surface area contributed by atoms with E-state index in [1.165, 1.54) is 17.0 Å². The summed E-state index contributed by atoms with van der Waals surface area (Å²) in [6, 6.07) is 11.4. The van der Waals surface area contributed by atoms with E-state index in [2.05, 4.69) is 0 Å². The van der Waals surface area contributed by atoms with E-state index in [0.717, 1.165) is 11.8 Å². The zero-order valence-corrected chi connectivity index (χ0v) is 16.1. The molecule has 1 aliphatic rings. The Morgan fingerprint density at radius 2 is 1.96 bits per heavy atom. The largest absolute Gasteiger partial charge is 0.497 e. The number of thiocarbonyl (C=S) groups is 1. The molecule has 1 fully saturated rings. The van der Waals surface area contributed by atoms with Gasteiger partial charge >= 0.3 is 5.97 Å². The highest BCUT2D eigenvalue weighted by Gasteiger charge is 2.33. The van der Waals surface area contributed by atoms with Crippen molar-refractivity contribution in [3.63, 3.8) is 0 Å². The van der Waals surface area contributed by atoms with Gasteiger partial charge in [-0.3, -0.25) is 9.69 Å². The number of aromatic carboxylic acids is 1. The van der Waals surface area contributed by atoms with E-state index in [1.54, 1.807) is 50.6 Å². The molecule has 1 saturated heterocycles. The van der Waals surface area contributed by atoms with Crippen LogP contribution >= 0.6 is 24.0 Å². The highest BCUT2D eigenvalue weighted by molar-refractivity contribution is 8.27. The Hall–Kier alpha value is -2.84. The maximum Gasteiger partial charge on any atom is 0.335 e. The second kappa shape index (κ2) is 7.81. The molecule has 6 nitrogen and oxygen atoms in total. The zero-order chi connectivity index (χ0) is 19.6. The van der Waals surface area contributed by atoms with Crippen LogP contribution in [0.3, 0.4) is 0 Å². The minimum Gasteiger partial charge on any atom is -0.497 e. The summed E-state index contributed by atoms with van der Waals surface area (Å²) < 4.78 is 10.9. The summed E-state index contributed by atoms with van der Waals surface area (Å²) in [6.45, 7) is 0. The molecule has 0 bridgehead atoms. The van der Waals surface area contributed by atoms with Crippen molar-refractivity contribution in [2.24, 2.45) is 0 Å². The van der Waals surface area contributed by atoms with Crippen LogP contribution in [0.2, 0.25) is 0 Å². The minimum absolute atomic E-state index is 0.0833. The summed E-state index contributed by atoms with van der Waals surface area (Å²) in [5.74, 6) is -0.169. The molecular weight excluding hydrogens is 386 g/mol. The fourth-order valence-corrected chi connectivity index (χ4v) is 3.85. The number of amides is 1. The van der Waals surface area contributed by atoms with Gasteiger partial charge in [0.05, 0.1) is 30.4 Å². The number of ether oxygens (including phenoxy) is 2. The average Bonchev–Trinajstić information content (AvgIpc) is 2.95. The number of carbonyl (C=O) groups excluding carboxylic acids is 1. The monoisotopic (exact) mass is 401 g/mol. The number of thioether (sulfide) groups is 1. The van der Waals surface area contributed by atoms with Gasteiger partial charge in [-0.05, 0) is 42.5 Å². The lowest BCUT2D eigenvalue weighted by Gasteiger charge is -2.14. The molecule has 27 heavy (non-hydrogen) atoms. The SMILES string of the molecule is COc1ccc(OC)c(/C=C2\SC(=S)N(c3cccc(C(=O)O)c3)C2=O)c1. The normalized spacial score (nSPS) is 15.3. The third kappa shape index (κ3) is 3.81. The van der Waals surface area contributed by atoms with E-state index in [1.807, 2.05) is 0 Å². The predicted octanol–water partition coefficient (Wildman–Crippen LogP) is 3.81. The van der Waals surface area contributed by atoms with Crippen molar-refractivity contribution in [2.45, 2.75) is 0 Å². The minimum atomic E-state index is -1.07. The first kappa shape index (κ1) is 18.9. The van der Waals surface area contributed by atoms with Crippen molar-refractivity contribution in [1.29, 1.82) is 0 Å². The maximum absolute atomic E-state index is 12.9.